The number of nitrogens with zero attached hydrogens (tertiary/aromatic N) is 4. The van der Waals surface area contributed by atoms with Crippen molar-refractivity contribution in [1.82, 2.24) is 20.8 Å². The van der Waals surface area contributed by atoms with Crippen LogP contribution in [0.3, 0.4) is 0 Å². The van der Waals surface area contributed by atoms with E-state index < -0.39 is 0 Å². The summed E-state index contributed by atoms with van der Waals surface area (Å²) in [6.45, 7) is 11.5. The van der Waals surface area contributed by atoms with Gasteiger partial charge in [0.05, 0.1) is 0 Å². The van der Waals surface area contributed by atoms with Crippen molar-refractivity contribution in [3.63, 3.8) is 0 Å². The molecule has 1 fully saturated rings. The SMILES string of the molecule is CCNC(=NCc1noc(C(C)(C)C)n1)NC1CCN(c2ccccc2)CC1. The van der Waals surface area contributed by atoms with Gasteiger partial charge in [-0.05, 0) is 31.9 Å². The van der Waals surface area contributed by atoms with Gasteiger partial charge < -0.3 is 20.1 Å². The molecule has 2 heterocycles. The van der Waals surface area contributed by atoms with Crippen LogP contribution in [0.25, 0.3) is 0 Å². The quantitative estimate of drug-likeness (QED) is 0.609. The first kappa shape index (κ1) is 20.2. The third-order valence-corrected chi connectivity index (χ3v) is 4.79. The fourth-order valence-corrected chi connectivity index (χ4v) is 3.21. The molecule has 1 aromatic heterocycles. The van der Waals surface area contributed by atoms with Gasteiger partial charge in [0, 0.05) is 36.8 Å². The van der Waals surface area contributed by atoms with Gasteiger partial charge in [-0.25, -0.2) is 4.99 Å². The number of anilines is 1. The van der Waals surface area contributed by atoms with Gasteiger partial charge in [-0.3, -0.25) is 0 Å². The number of rotatable bonds is 5. The van der Waals surface area contributed by atoms with Gasteiger partial charge in [0.1, 0.15) is 6.54 Å². The Hall–Kier alpha value is -2.57. The largest absolute Gasteiger partial charge is 0.371 e. The summed E-state index contributed by atoms with van der Waals surface area (Å²) < 4.78 is 5.35. The number of aromatic nitrogens is 2. The van der Waals surface area contributed by atoms with Crippen molar-refractivity contribution in [2.45, 2.75) is 58.5 Å². The van der Waals surface area contributed by atoms with Crippen molar-refractivity contribution >= 4 is 11.6 Å². The topological polar surface area (TPSA) is 78.6 Å². The second-order valence-electron chi connectivity index (χ2n) is 8.20. The van der Waals surface area contributed by atoms with Crippen LogP contribution in [0.1, 0.15) is 52.3 Å². The molecule has 1 saturated heterocycles. The Bertz CT molecular complexity index is 757. The number of guanidine groups is 1. The molecule has 1 aliphatic rings. The Morgan fingerprint density at radius 2 is 1.93 bits per heavy atom. The lowest BCUT2D eigenvalue weighted by Gasteiger charge is -2.34. The van der Waals surface area contributed by atoms with Crippen molar-refractivity contribution in [1.29, 1.82) is 0 Å². The predicted molar refractivity (Wildman–Crippen MR) is 113 cm³/mol. The average Bonchev–Trinajstić information content (AvgIpc) is 3.17. The second-order valence-corrected chi connectivity index (χ2v) is 8.20. The Balaban J connectivity index is 1.54. The highest BCUT2D eigenvalue weighted by Crippen LogP contribution is 2.20. The molecule has 0 amide bonds. The molecular weight excluding hydrogens is 352 g/mol. The number of benzene rings is 1. The van der Waals surface area contributed by atoms with E-state index in [9.17, 15) is 0 Å². The number of piperidine rings is 1. The van der Waals surface area contributed by atoms with Gasteiger partial charge in [0.15, 0.2) is 11.8 Å². The minimum absolute atomic E-state index is 0.148. The molecule has 0 saturated carbocycles. The zero-order valence-electron chi connectivity index (χ0n) is 17.4. The molecular formula is C21H32N6O. The number of nitrogens with one attached hydrogen (secondary N) is 2. The van der Waals surface area contributed by atoms with Crippen LogP contribution in [-0.2, 0) is 12.0 Å². The monoisotopic (exact) mass is 384 g/mol. The fraction of sp³-hybridized carbons (Fsp3) is 0.571. The van der Waals surface area contributed by atoms with Gasteiger partial charge in [-0.15, -0.1) is 0 Å². The first-order chi connectivity index (χ1) is 13.5. The van der Waals surface area contributed by atoms with E-state index in [-0.39, 0.29) is 5.41 Å². The third kappa shape index (κ3) is 5.47. The number of hydrogen-bond donors (Lipinski definition) is 2. The Morgan fingerprint density at radius 1 is 1.21 bits per heavy atom. The molecule has 0 unspecified atom stereocenters. The summed E-state index contributed by atoms with van der Waals surface area (Å²) in [7, 11) is 0. The zero-order valence-corrected chi connectivity index (χ0v) is 17.4. The molecule has 0 bridgehead atoms. The van der Waals surface area contributed by atoms with Crippen molar-refractivity contribution < 1.29 is 4.52 Å². The molecule has 2 aromatic rings. The van der Waals surface area contributed by atoms with Crippen LogP contribution in [0.2, 0.25) is 0 Å². The van der Waals surface area contributed by atoms with Crippen LogP contribution in [0, 0.1) is 0 Å². The first-order valence-electron chi connectivity index (χ1n) is 10.1. The molecule has 0 atom stereocenters. The normalized spacial score (nSPS) is 16.3. The van der Waals surface area contributed by atoms with Gasteiger partial charge >= 0.3 is 0 Å². The Morgan fingerprint density at radius 3 is 2.54 bits per heavy atom. The Kier molecular flexibility index (Phi) is 6.54. The van der Waals surface area contributed by atoms with Gasteiger partial charge in [-0.1, -0.05) is 44.1 Å². The summed E-state index contributed by atoms with van der Waals surface area (Å²) >= 11 is 0. The van der Waals surface area contributed by atoms with Crippen LogP contribution in [-0.4, -0.2) is 41.8 Å². The summed E-state index contributed by atoms with van der Waals surface area (Å²) in [4.78, 5) is 11.5. The highest BCUT2D eigenvalue weighted by Gasteiger charge is 2.22. The first-order valence-corrected chi connectivity index (χ1v) is 10.1. The lowest BCUT2D eigenvalue weighted by atomic mass is 9.97. The Labute approximate surface area is 167 Å². The lowest BCUT2D eigenvalue weighted by Crippen LogP contribution is -2.48. The minimum Gasteiger partial charge on any atom is -0.371 e. The van der Waals surface area contributed by atoms with Crippen molar-refractivity contribution in [3.8, 4) is 0 Å². The summed E-state index contributed by atoms with van der Waals surface area (Å²) in [5, 5.41) is 10.9. The molecule has 1 aliphatic heterocycles. The molecule has 0 radical (unpaired) electrons. The fourth-order valence-electron chi connectivity index (χ4n) is 3.21. The molecule has 0 aliphatic carbocycles. The van der Waals surface area contributed by atoms with E-state index in [1.54, 1.807) is 0 Å². The highest BCUT2D eigenvalue weighted by molar-refractivity contribution is 5.80. The average molecular weight is 385 g/mol. The van der Waals surface area contributed by atoms with E-state index >= 15 is 0 Å². The number of hydrogen-bond acceptors (Lipinski definition) is 5. The highest BCUT2D eigenvalue weighted by atomic mass is 16.5. The summed E-state index contributed by atoms with van der Waals surface area (Å²) in [6, 6.07) is 11.0. The number of aliphatic imine (C=N–C) groups is 1. The molecule has 1 aromatic carbocycles. The van der Waals surface area contributed by atoms with Crippen molar-refractivity contribution in [2.24, 2.45) is 4.99 Å². The molecule has 0 spiro atoms. The van der Waals surface area contributed by atoms with Crippen LogP contribution in [0.4, 0.5) is 5.69 Å². The molecule has 7 nitrogen and oxygen atoms in total. The maximum Gasteiger partial charge on any atom is 0.232 e. The van der Waals surface area contributed by atoms with Crippen LogP contribution >= 0.6 is 0 Å². The van der Waals surface area contributed by atoms with Crippen LogP contribution in [0.15, 0.2) is 39.8 Å². The van der Waals surface area contributed by atoms with E-state index in [0.29, 0.717) is 24.3 Å². The molecule has 3 rings (SSSR count). The zero-order chi connectivity index (χ0) is 20.0. The molecule has 7 heteroatoms. The third-order valence-electron chi connectivity index (χ3n) is 4.79. The van der Waals surface area contributed by atoms with Crippen LogP contribution in [0.5, 0.6) is 0 Å². The van der Waals surface area contributed by atoms with E-state index in [0.717, 1.165) is 38.4 Å². The molecule has 28 heavy (non-hydrogen) atoms. The summed E-state index contributed by atoms with van der Waals surface area (Å²) in [5.74, 6) is 2.06. The molecule has 152 valence electrons. The van der Waals surface area contributed by atoms with E-state index in [1.165, 1.54) is 5.69 Å². The standard InChI is InChI=1S/C21H32N6O/c1-5-22-20(23-15-18-25-19(28-26-18)21(2,3)4)24-16-11-13-27(14-12-16)17-9-7-6-8-10-17/h6-10,16H,5,11-15H2,1-4H3,(H2,22,23,24). The maximum atomic E-state index is 5.35. The summed E-state index contributed by atoms with van der Waals surface area (Å²) in [5.41, 5.74) is 1.15. The maximum absolute atomic E-state index is 5.35. The minimum atomic E-state index is -0.148. The van der Waals surface area contributed by atoms with E-state index in [4.69, 9.17) is 4.52 Å². The van der Waals surface area contributed by atoms with Gasteiger partial charge in [-0.2, -0.15) is 4.98 Å². The summed E-state index contributed by atoms with van der Waals surface area (Å²) in [6.07, 6.45) is 2.16. The van der Waals surface area contributed by atoms with Crippen molar-refractivity contribution in [2.75, 3.05) is 24.5 Å². The van der Waals surface area contributed by atoms with Crippen molar-refractivity contribution in [3.05, 3.63) is 42.0 Å². The van der Waals surface area contributed by atoms with Crippen LogP contribution < -0.4 is 15.5 Å². The van der Waals surface area contributed by atoms with Gasteiger partial charge in [0.25, 0.3) is 0 Å². The van der Waals surface area contributed by atoms with Gasteiger partial charge in [0.2, 0.25) is 5.89 Å². The lowest BCUT2D eigenvalue weighted by molar-refractivity contribution is 0.318. The smallest absolute Gasteiger partial charge is 0.232 e. The number of para-hydroxylation sites is 1. The molecule has 2 N–H and O–H groups in total. The second kappa shape index (κ2) is 9.08. The van der Waals surface area contributed by atoms with E-state index in [1.807, 2.05) is 0 Å². The predicted octanol–water partition coefficient (Wildman–Crippen LogP) is 3.09. The van der Waals surface area contributed by atoms with E-state index in [2.05, 4.69) is 88.7 Å².